The first kappa shape index (κ1) is 11.9. The molecule has 94 valence electrons. The monoisotopic (exact) mass is 237 g/mol. The largest absolute Gasteiger partial charge is 0.333 e. The highest BCUT2D eigenvalue weighted by Gasteiger charge is 2.22. The molecule has 0 unspecified atom stereocenters. The molecule has 6 nitrogen and oxygen atoms in total. The zero-order chi connectivity index (χ0) is 12.5. The number of anilines is 1. The van der Waals surface area contributed by atoms with Crippen LogP contribution in [0.2, 0.25) is 0 Å². The number of rotatable bonds is 2. The molecular formula is C11H19N5O. The lowest BCUT2D eigenvalue weighted by Gasteiger charge is -2.29. The minimum absolute atomic E-state index is 0.202. The summed E-state index contributed by atoms with van der Waals surface area (Å²) in [6.07, 6.45) is 1.70. The highest BCUT2D eigenvalue weighted by atomic mass is 16.2. The van der Waals surface area contributed by atoms with Crippen molar-refractivity contribution < 1.29 is 4.79 Å². The van der Waals surface area contributed by atoms with Gasteiger partial charge in [-0.25, -0.2) is 9.48 Å². The van der Waals surface area contributed by atoms with Gasteiger partial charge < -0.3 is 10.6 Å². The SMILES string of the molecule is CC(C)(C)NC(=O)Nc1ccnn1C1CNC1. The minimum Gasteiger partial charge on any atom is -0.333 e. The average molecular weight is 237 g/mol. The van der Waals surface area contributed by atoms with Crippen LogP contribution in [0, 0.1) is 0 Å². The van der Waals surface area contributed by atoms with E-state index in [4.69, 9.17) is 0 Å². The number of carbonyl (C=O) groups excluding carboxylic acids is 1. The highest BCUT2D eigenvalue weighted by Crippen LogP contribution is 2.17. The Balaban J connectivity index is 1.98. The van der Waals surface area contributed by atoms with Crippen molar-refractivity contribution in [2.45, 2.75) is 32.4 Å². The van der Waals surface area contributed by atoms with Gasteiger partial charge in [0.05, 0.1) is 12.2 Å². The van der Waals surface area contributed by atoms with Crippen LogP contribution in [-0.4, -0.2) is 34.4 Å². The molecule has 3 N–H and O–H groups in total. The van der Waals surface area contributed by atoms with Gasteiger partial charge in [0.25, 0.3) is 0 Å². The molecule has 6 heteroatoms. The van der Waals surface area contributed by atoms with E-state index in [1.165, 1.54) is 0 Å². The van der Waals surface area contributed by atoms with Crippen LogP contribution in [0.15, 0.2) is 12.3 Å². The Bertz CT molecular complexity index is 402. The molecule has 1 saturated heterocycles. The van der Waals surface area contributed by atoms with Crippen molar-refractivity contribution in [3.8, 4) is 0 Å². The van der Waals surface area contributed by atoms with Crippen LogP contribution in [0.1, 0.15) is 26.8 Å². The average Bonchev–Trinajstić information content (AvgIpc) is 2.46. The smallest absolute Gasteiger partial charge is 0.320 e. The molecule has 1 aliphatic rings. The number of nitrogens with one attached hydrogen (secondary N) is 3. The van der Waals surface area contributed by atoms with Crippen molar-refractivity contribution in [1.29, 1.82) is 0 Å². The normalized spacial score (nSPS) is 16.4. The summed E-state index contributed by atoms with van der Waals surface area (Å²) in [6.45, 7) is 7.63. The number of urea groups is 1. The molecule has 0 saturated carbocycles. The summed E-state index contributed by atoms with van der Waals surface area (Å²) in [6, 6.07) is 1.95. The third-order valence-electron chi connectivity index (χ3n) is 2.51. The van der Waals surface area contributed by atoms with E-state index in [1.807, 2.05) is 25.5 Å². The van der Waals surface area contributed by atoms with Crippen molar-refractivity contribution in [3.63, 3.8) is 0 Å². The van der Waals surface area contributed by atoms with E-state index in [9.17, 15) is 4.79 Å². The maximum Gasteiger partial charge on any atom is 0.320 e. The van der Waals surface area contributed by atoms with E-state index in [0.717, 1.165) is 18.9 Å². The Morgan fingerprint density at radius 2 is 2.24 bits per heavy atom. The van der Waals surface area contributed by atoms with E-state index in [0.29, 0.717) is 6.04 Å². The van der Waals surface area contributed by atoms with Gasteiger partial charge in [-0.1, -0.05) is 0 Å². The first-order valence-corrected chi connectivity index (χ1v) is 5.79. The van der Waals surface area contributed by atoms with Gasteiger partial charge in [0, 0.05) is 24.7 Å². The molecule has 2 rings (SSSR count). The second kappa shape index (κ2) is 4.37. The zero-order valence-electron chi connectivity index (χ0n) is 10.4. The van der Waals surface area contributed by atoms with E-state index in [2.05, 4.69) is 21.0 Å². The molecule has 0 spiro atoms. The Morgan fingerprint density at radius 3 is 2.76 bits per heavy atom. The minimum atomic E-state index is -0.243. The first-order valence-electron chi connectivity index (χ1n) is 5.79. The molecule has 0 atom stereocenters. The van der Waals surface area contributed by atoms with Crippen molar-refractivity contribution in [1.82, 2.24) is 20.4 Å². The quantitative estimate of drug-likeness (QED) is 0.717. The van der Waals surface area contributed by atoms with Gasteiger partial charge in [0.2, 0.25) is 0 Å². The van der Waals surface area contributed by atoms with E-state index >= 15 is 0 Å². The van der Waals surface area contributed by atoms with Crippen LogP contribution in [0.5, 0.6) is 0 Å². The van der Waals surface area contributed by atoms with Gasteiger partial charge in [0.1, 0.15) is 5.82 Å². The summed E-state index contributed by atoms with van der Waals surface area (Å²) in [4.78, 5) is 11.7. The summed E-state index contributed by atoms with van der Waals surface area (Å²) < 4.78 is 1.85. The van der Waals surface area contributed by atoms with Crippen LogP contribution >= 0.6 is 0 Å². The topological polar surface area (TPSA) is 71.0 Å². The van der Waals surface area contributed by atoms with E-state index in [1.54, 1.807) is 12.3 Å². The third kappa shape index (κ3) is 2.97. The predicted octanol–water partition coefficient (Wildman–Crippen LogP) is 0.947. The summed E-state index contributed by atoms with van der Waals surface area (Å²) in [5, 5.41) is 13.1. The molecule has 2 amide bonds. The van der Waals surface area contributed by atoms with Crippen LogP contribution in [0.3, 0.4) is 0 Å². The number of carbonyl (C=O) groups is 1. The van der Waals surface area contributed by atoms with Crippen LogP contribution in [0.25, 0.3) is 0 Å². The van der Waals surface area contributed by atoms with Gasteiger partial charge in [0.15, 0.2) is 0 Å². The Labute approximate surface area is 101 Å². The van der Waals surface area contributed by atoms with Crippen molar-refractivity contribution in [2.24, 2.45) is 0 Å². The Morgan fingerprint density at radius 1 is 1.53 bits per heavy atom. The predicted molar refractivity (Wildman–Crippen MR) is 66.0 cm³/mol. The lowest BCUT2D eigenvalue weighted by Crippen LogP contribution is -2.46. The molecule has 17 heavy (non-hydrogen) atoms. The second-order valence-electron chi connectivity index (χ2n) is 5.30. The third-order valence-corrected chi connectivity index (χ3v) is 2.51. The fourth-order valence-corrected chi connectivity index (χ4v) is 1.64. The van der Waals surface area contributed by atoms with Gasteiger partial charge in [-0.15, -0.1) is 0 Å². The van der Waals surface area contributed by atoms with Crippen LogP contribution in [0.4, 0.5) is 10.6 Å². The lowest BCUT2D eigenvalue weighted by atomic mass is 10.1. The number of aromatic nitrogens is 2. The number of nitrogens with zero attached hydrogens (tertiary/aromatic N) is 2. The second-order valence-corrected chi connectivity index (χ2v) is 5.30. The fraction of sp³-hybridized carbons (Fsp3) is 0.636. The summed E-state index contributed by atoms with van der Waals surface area (Å²) in [5.41, 5.74) is -0.243. The van der Waals surface area contributed by atoms with Gasteiger partial charge >= 0.3 is 6.03 Å². The molecule has 0 radical (unpaired) electrons. The molecule has 1 fully saturated rings. The van der Waals surface area contributed by atoms with Crippen LogP contribution < -0.4 is 16.0 Å². The van der Waals surface area contributed by atoms with Gasteiger partial charge in [-0.3, -0.25) is 5.32 Å². The van der Waals surface area contributed by atoms with E-state index in [-0.39, 0.29) is 11.6 Å². The summed E-state index contributed by atoms with van der Waals surface area (Å²) in [5.74, 6) is 0.734. The van der Waals surface area contributed by atoms with Crippen molar-refractivity contribution >= 4 is 11.8 Å². The van der Waals surface area contributed by atoms with E-state index < -0.39 is 0 Å². The standard InChI is InChI=1S/C11H19N5O/c1-11(2,3)15-10(17)14-9-4-5-13-16(9)8-6-12-7-8/h4-5,8,12H,6-7H2,1-3H3,(H2,14,15,17). The summed E-state index contributed by atoms with van der Waals surface area (Å²) >= 11 is 0. The molecule has 2 heterocycles. The van der Waals surface area contributed by atoms with Gasteiger partial charge in [-0.2, -0.15) is 5.10 Å². The Kier molecular flexibility index (Phi) is 3.06. The Hall–Kier alpha value is -1.56. The number of amides is 2. The zero-order valence-corrected chi connectivity index (χ0v) is 10.4. The number of hydrogen-bond acceptors (Lipinski definition) is 3. The molecule has 0 aromatic carbocycles. The first-order chi connectivity index (χ1) is 7.96. The molecule has 1 aromatic rings. The molecule has 1 aliphatic heterocycles. The molecule has 0 aliphatic carbocycles. The fourth-order valence-electron chi connectivity index (χ4n) is 1.64. The highest BCUT2D eigenvalue weighted by molar-refractivity contribution is 5.88. The maximum absolute atomic E-state index is 11.7. The van der Waals surface area contributed by atoms with Crippen molar-refractivity contribution in [2.75, 3.05) is 18.4 Å². The maximum atomic E-state index is 11.7. The lowest BCUT2D eigenvalue weighted by molar-refractivity contribution is 0.243. The van der Waals surface area contributed by atoms with Crippen molar-refractivity contribution in [3.05, 3.63) is 12.3 Å². The molecular weight excluding hydrogens is 218 g/mol. The van der Waals surface area contributed by atoms with Crippen LogP contribution in [-0.2, 0) is 0 Å². The molecule has 0 bridgehead atoms. The van der Waals surface area contributed by atoms with Gasteiger partial charge in [-0.05, 0) is 20.8 Å². The molecule has 1 aromatic heterocycles. The number of hydrogen-bond donors (Lipinski definition) is 3. The summed E-state index contributed by atoms with van der Waals surface area (Å²) in [7, 11) is 0.